The zero-order valence-corrected chi connectivity index (χ0v) is 19.7. The first-order valence-corrected chi connectivity index (χ1v) is 12.7. The monoisotopic (exact) mass is 424 g/mol. The Morgan fingerprint density at radius 2 is 1.83 bits per heavy atom. The molecule has 2 bridgehead atoms. The fourth-order valence-electron chi connectivity index (χ4n) is 3.22. The van der Waals surface area contributed by atoms with Gasteiger partial charge in [0.2, 0.25) is 8.32 Å². The largest absolute Gasteiger partial charge is 0.546 e. The van der Waals surface area contributed by atoms with Gasteiger partial charge >= 0.3 is 11.9 Å². The van der Waals surface area contributed by atoms with Crippen LogP contribution < -0.4 is 0 Å². The van der Waals surface area contributed by atoms with E-state index in [0.29, 0.717) is 5.76 Å². The second kappa shape index (κ2) is 7.72. The van der Waals surface area contributed by atoms with Gasteiger partial charge in [-0.3, -0.25) is 4.79 Å². The van der Waals surface area contributed by atoms with Crippen LogP contribution in [0, 0.1) is 5.92 Å². The molecule has 0 aromatic carbocycles. The van der Waals surface area contributed by atoms with Crippen LogP contribution in [0.2, 0.25) is 18.1 Å². The summed E-state index contributed by atoms with van der Waals surface area (Å²) in [5, 5.41) is -0.123. The van der Waals surface area contributed by atoms with Gasteiger partial charge in [-0.2, -0.15) is 0 Å². The molecule has 4 atom stereocenters. The van der Waals surface area contributed by atoms with Gasteiger partial charge in [0.25, 0.3) is 0 Å². The average molecular weight is 425 g/mol. The molecule has 0 spiro atoms. The minimum atomic E-state index is -2.34. The first-order valence-electron chi connectivity index (χ1n) is 9.78. The lowest BCUT2D eigenvalue weighted by Crippen LogP contribution is -2.52. The van der Waals surface area contributed by atoms with Crippen molar-refractivity contribution in [2.24, 2.45) is 5.92 Å². The maximum Gasteiger partial charge on any atom is 0.346 e. The number of fused-ring (bicyclic) bond motifs is 2. The van der Waals surface area contributed by atoms with Crippen LogP contribution in [0.5, 0.6) is 0 Å². The molecular weight excluding hydrogens is 392 g/mol. The summed E-state index contributed by atoms with van der Waals surface area (Å²) in [7, 11) is -1.11. The van der Waals surface area contributed by atoms with Crippen LogP contribution in [0.15, 0.2) is 23.5 Å². The van der Waals surface area contributed by atoms with Gasteiger partial charge in [-0.15, -0.1) is 0 Å². The molecule has 0 fully saturated rings. The number of carbonyl (C=O) groups is 3. The second-order valence-electron chi connectivity index (χ2n) is 9.18. The number of methoxy groups -OCH3 is 1. The van der Waals surface area contributed by atoms with E-state index >= 15 is 0 Å². The van der Waals surface area contributed by atoms with Crippen LogP contribution in [0.3, 0.4) is 0 Å². The summed E-state index contributed by atoms with van der Waals surface area (Å²) in [5.41, 5.74) is -0.969. The standard InChI is InChI=1S/C21H32O7Si/c1-12-17(28-29(8,9)20(4,5)6)16(19(24)26-13(2)18(23)25-7)15-10-11-21(12,27-15)14(3)22/h10-13,15H,1-9H3/t12-,13-,15-,21-/m0/s1. The zero-order valence-electron chi connectivity index (χ0n) is 18.7. The van der Waals surface area contributed by atoms with Gasteiger partial charge in [-0.05, 0) is 38.1 Å². The molecule has 162 valence electrons. The van der Waals surface area contributed by atoms with Crippen molar-refractivity contribution in [2.75, 3.05) is 7.11 Å². The Labute approximate surface area is 173 Å². The van der Waals surface area contributed by atoms with Crippen LogP contribution in [0.1, 0.15) is 41.5 Å². The molecule has 0 aromatic rings. The van der Waals surface area contributed by atoms with Crippen molar-refractivity contribution >= 4 is 26.0 Å². The van der Waals surface area contributed by atoms with Crippen molar-refractivity contribution in [1.82, 2.24) is 0 Å². The third-order valence-corrected chi connectivity index (χ3v) is 10.5. The van der Waals surface area contributed by atoms with Crippen molar-refractivity contribution in [3.63, 3.8) is 0 Å². The summed E-state index contributed by atoms with van der Waals surface area (Å²) >= 11 is 0. The minimum Gasteiger partial charge on any atom is -0.546 e. The number of carbonyl (C=O) groups excluding carboxylic acids is 3. The van der Waals surface area contributed by atoms with Crippen molar-refractivity contribution in [3.05, 3.63) is 23.5 Å². The third-order valence-electron chi connectivity index (χ3n) is 6.19. The molecule has 0 aromatic heterocycles. The first-order chi connectivity index (χ1) is 13.2. The molecule has 0 radical (unpaired) electrons. The predicted octanol–water partition coefficient (Wildman–Crippen LogP) is 3.30. The summed E-state index contributed by atoms with van der Waals surface area (Å²) < 4.78 is 22.5. The molecule has 0 aliphatic carbocycles. The summed E-state index contributed by atoms with van der Waals surface area (Å²) in [5.74, 6) is -1.63. The van der Waals surface area contributed by atoms with Crippen molar-refractivity contribution in [2.45, 2.75) is 77.5 Å². The lowest BCUT2D eigenvalue weighted by molar-refractivity contribution is -0.165. The molecule has 0 unspecified atom stereocenters. The van der Waals surface area contributed by atoms with Gasteiger partial charge in [0.15, 0.2) is 17.5 Å². The van der Waals surface area contributed by atoms with Crippen LogP contribution in [-0.4, -0.2) is 51.0 Å². The highest BCUT2D eigenvalue weighted by Crippen LogP contribution is 2.48. The first kappa shape index (κ1) is 23.3. The molecule has 0 amide bonds. The summed E-state index contributed by atoms with van der Waals surface area (Å²) in [6.45, 7) is 15.1. The predicted molar refractivity (Wildman–Crippen MR) is 109 cm³/mol. The van der Waals surface area contributed by atoms with Gasteiger partial charge in [0.05, 0.1) is 18.8 Å². The summed E-state index contributed by atoms with van der Waals surface area (Å²) in [4.78, 5) is 37.2. The number of rotatable bonds is 6. The summed E-state index contributed by atoms with van der Waals surface area (Å²) in [6.07, 6.45) is 1.53. The van der Waals surface area contributed by atoms with Gasteiger partial charge in [-0.1, -0.05) is 33.8 Å². The van der Waals surface area contributed by atoms with Crippen LogP contribution in [-0.2, 0) is 33.0 Å². The normalized spacial score (nSPS) is 27.5. The Hall–Kier alpha value is -1.93. The van der Waals surface area contributed by atoms with Crippen LogP contribution >= 0.6 is 0 Å². The molecule has 0 saturated heterocycles. The van der Waals surface area contributed by atoms with Crippen molar-refractivity contribution < 1.29 is 33.0 Å². The molecule has 8 heteroatoms. The highest BCUT2D eigenvalue weighted by atomic mass is 28.4. The maximum absolute atomic E-state index is 13.0. The topological polar surface area (TPSA) is 88.1 Å². The second-order valence-corrected chi connectivity index (χ2v) is 13.9. The molecule has 7 nitrogen and oxygen atoms in total. The van der Waals surface area contributed by atoms with Gasteiger partial charge < -0.3 is 18.6 Å². The smallest absolute Gasteiger partial charge is 0.346 e. The highest BCUT2D eigenvalue weighted by molar-refractivity contribution is 6.74. The Morgan fingerprint density at radius 3 is 2.31 bits per heavy atom. The Bertz CT molecular complexity index is 774. The van der Waals surface area contributed by atoms with Crippen LogP contribution in [0.4, 0.5) is 0 Å². The molecule has 29 heavy (non-hydrogen) atoms. The van der Waals surface area contributed by atoms with E-state index in [0.717, 1.165) is 0 Å². The fourth-order valence-corrected chi connectivity index (χ4v) is 4.36. The van der Waals surface area contributed by atoms with Crippen molar-refractivity contribution in [3.8, 4) is 0 Å². The number of esters is 2. The van der Waals surface area contributed by atoms with E-state index in [1.165, 1.54) is 21.0 Å². The van der Waals surface area contributed by atoms with Gasteiger partial charge in [0.1, 0.15) is 11.7 Å². The number of Topliss-reactive ketones (excluding diaryl/α,β-unsaturated/α-hetero) is 1. The quantitative estimate of drug-likeness (QED) is 0.367. The Balaban J connectivity index is 2.54. The zero-order chi connectivity index (χ0) is 22.4. The lowest BCUT2D eigenvalue weighted by atomic mass is 9.82. The molecule has 2 aliphatic heterocycles. The molecular formula is C21H32O7Si. The van der Waals surface area contributed by atoms with Crippen LogP contribution in [0.25, 0.3) is 0 Å². The van der Waals surface area contributed by atoms with Gasteiger partial charge in [0, 0.05) is 0 Å². The van der Waals surface area contributed by atoms with E-state index in [1.54, 1.807) is 12.2 Å². The number of ketones is 1. The van der Waals surface area contributed by atoms with E-state index in [2.05, 4.69) is 38.6 Å². The molecule has 0 saturated carbocycles. The van der Waals surface area contributed by atoms with Gasteiger partial charge in [-0.25, -0.2) is 9.59 Å². The molecule has 0 N–H and O–H groups in total. The number of hydrogen-bond acceptors (Lipinski definition) is 7. The SMILES string of the molecule is COC(=O)[C@H](C)OC(=O)C1=C(O[Si](C)(C)C(C)(C)C)[C@H](C)[C@]2(C(C)=O)C=C[C@@H]1O2. The highest BCUT2D eigenvalue weighted by Gasteiger charge is 2.56. The Morgan fingerprint density at radius 1 is 1.24 bits per heavy atom. The number of ether oxygens (including phenoxy) is 3. The summed E-state index contributed by atoms with van der Waals surface area (Å²) in [6, 6.07) is 0. The van der Waals surface area contributed by atoms with E-state index < -0.39 is 44.0 Å². The van der Waals surface area contributed by atoms with Crippen molar-refractivity contribution in [1.29, 1.82) is 0 Å². The minimum absolute atomic E-state index is 0.123. The average Bonchev–Trinajstić information content (AvgIpc) is 3.00. The molecule has 2 aliphatic rings. The number of hydrogen-bond donors (Lipinski definition) is 0. The molecule has 2 rings (SSSR count). The van der Waals surface area contributed by atoms with E-state index in [1.807, 2.05) is 6.92 Å². The van der Waals surface area contributed by atoms with E-state index in [9.17, 15) is 14.4 Å². The Kier molecular flexibility index (Phi) is 6.21. The maximum atomic E-state index is 13.0. The lowest BCUT2D eigenvalue weighted by Gasteiger charge is -2.44. The third kappa shape index (κ3) is 4.05. The van der Waals surface area contributed by atoms with E-state index in [4.69, 9.17) is 13.9 Å². The van der Waals surface area contributed by atoms with E-state index in [-0.39, 0.29) is 16.4 Å². The molecule has 2 heterocycles. The fraction of sp³-hybridized carbons (Fsp3) is 0.667.